The Bertz CT molecular complexity index is 2060. The molecule has 4 aromatic heterocycles. The topological polar surface area (TPSA) is 78.4 Å². The monoisotopic (exact) mass is 487 g/mol. The van der Waals surface area contributed by atoms with Crippen LogP contribution in [0.1, 0.15) is 5.56 Å². The summed E-state index contributed by atoms with van der Waals surface area (Å²) in [5.41, 5.74) is 9.95. The van der Waals surface area contributed by atoms with Gasteiger partial charge in [0.05, 0.1) is 28.3 Å². The second-order valence-electron chi connectivity index (χ2n) is 9.70. The van der Waals surface area contributed by atoms with Crippen molar-refractivity contribution in [3.8, 4) is 28.2 Å². The quantitative estimate of drug-likeness (QED) is 0.378. The van der Waals surface area contributed by atoms with Crippen molar-refractivity contribution in [2.75, 3.05) is 0 Å². The highest BCUT2D eigenvalue weighted by molar-refractivity contribution is 5.97. The summed E-state index contributed by atoms with van der Waals surface area (Å²) in [5, 5.41) is 5.44. The van der Waals surface area contributed by atoms with Gasteiger partial charge < -0.3 is 4.98 Å². The smallest absolute Gasteiger partial charge is 0.328 e. The van der Waals surface area contributed by atoms with Crippen molar-refractivity contribution in [3.63, 3.8) is 0 Å². The first-order valence-electron chi connectivity index (χ1n) is 12.1. The third-order valence-electron chi connectivity index (χ3n) is 7.28. The molecule has 4 heterocycles. The summed E-state index contributed by atoms with van der Waals surface area (Å²) in [6.07, 6.45) is 5.90. The normalized spacial score (nSPS) is 11.9. The summed E-state index contributed by atoms with van der Waals surface area (Å²) >= 11 is 0. The molecule has 8 heteroatoms. The second-order valence-corrected chi connectivity index (χ2v) is 9.70. The fourth-order valence-electron chi connectivity index (χ4n) is 5.33. The maximum Gasteiger partial charge on any atom is 0.328 e. The highest BCUT2D eigenvalue weighted by atomic mass is 16.1. The van der Waals surface area contributed by atoms with Crippen LogP contribution in [0.3, 0.4) is 0 Å². The van der Waals surface area contributed by atoms with E-state index in [1.165, 1.54) is 5.56 Å². The van der Waals surface area contributed by atoms with Crippen LogP contribution >= 0.6 is 0 Å². The Morgan fingerprint density at radius 1 is 0.838 bits per heavy atom. The molecule has 0 aliphatic carbocycles. The van der Waals surface area contributed by atoms with Gasteiger partial charge in [0.25, 0.3) is 0 Å². The molecule has 1 N–H and O–H groups in total. The molecular weight excluding hydrogens is 462 g/mol. The van der Waals surface area contributed by atoms with Crippen LogP contribution in [0.25, 0.3) is 61.2 Å². The number of nitrogens with zero attached hydrogens (tertiary/aromatic N) is 6. The van der Waals surface area contributed by atoms with Crippen molar-refractivity contribution in [2.24, 2.45) is 21.1 Å². The minimum Gasteiger partial charge on any atom is -0.360 e. The van der Waals surface area contributed by atoms with Crippen molar-refractivity contribution in [1.29, 1.82) is 0 Å². The van der Waals surface area contributed by atoms with Crippen molar-refractivity contribution in [1.82, 2.24) is 33.4 Å². The summed E-state index contributed by atoms with van der Waals surface area (Å²) < 4.78 is 7.35. The van der Waals surface area contributed by atoms with Gasteiger partial charge in [0, 0.05) is 61.3 Å². The number of aryl methyl sites for hydroxylation is 4. The molecule has 0 unspecified atom stereocenters. The summed E-state index contributed by atoms with van der Waals surface area (Å²) in [6, 6.07) is 18.9. The van der Waals surface area contributed by atoms with Gasteiger partial charge in [-0.1, -0.05) is 18.2 Å². The Labute approximate surface area is 212 Å². The molecule has 0 saturated carbocycles. The number of hydrogen-bond acceptors (Lipinski definition) is 3. The van der Waals surface area contributed by atoms with Crippen molar-refractivity contribution in [2.45, 2.75) is 6.92 Å². The van der Waals surface area contributed by atoms with Gasteiger partial charge in [-0.25, -0.2) is 9.78 Å². The van der Waals surface area contributed by atoms with Crippen LogP contribution in [-0.4, -0.2) is 33.4 Å². The molecule has 0 bridgehead atoms. The predicted octanol–water partition coefficient (Wildman–Crippen LogP) is 5.07. The number of nitrogens with one attached hydrogen (secondary N) is 1. The highest BCUT2D eigenvalue weighted by Gasteiger charge is 2.19. The van der Waals surface area contributed by atoms with E-state index in [1.54, 1.807) is 20.9 Å². The van der Waals surface area contributed by atoms with E-state index in [1.807, 2.05) is 38.8 Å². The Balaban J connectivity index is 1.53. The van der Waals surface area contributed by atoms with E-state index >= 15 is 0 Å². The molecule has 0 fully saturated rings. The van der Waals surface area contributed by atoms with Crippen LogP contribution in [0.2, 0.25) is 0 Å². The third kappa shape index (κ3) is 3.12. The number of rotatable bonds is 3. The van der Waals surface area contributed by atoms with E-state index in [0.717, 1.165) is 61.2 Å². The minimum atomic E-state index is -0.0454. The summed E-state index contributed by atoms with van der Waals surface area (Å²) in [7, 11) is 5.53. The summed E-state index contributed by atoms with van der Waals surface area (Å²) in [5.74, 6) is 0.841. The molecule has 182 valence electrons. The van der Waals surface area contributed by atoms with Gasteiger partial charge in [-0.2, -0.15) is 5.10 Å². The Kier molecular flexibility index (Phi) is 4.39. The zero-order valence-corrected chi connectivity index (χ0v) is 21.0. The molecule has 8 nitrogen and oxygen atoms in total. The lowest BCUT2D eigenvalue weighted by atomic mass is 10.1. The number of fused-ring (bicyclic) bond motifs is 3. The van der Waals surface area contributed by atoms with Gasteiger partial charge in [0.15, 0.2) is 0 Å². The number of imidazole rings is 2. The van der Waals surface area contributed by atoms with E-state index in [9.17, 15) is 4.79 Å². The first kappa shape index (κ1) is 21.4. The van der Waals surface area contributed by atoms with Gasteiger partial charge >= 0.3 is 5.69 Å². The van der Waals surface area contributed by atoms with Crippen molar-refractivity contribution >= 4 is 33.0 Å². The van der Waals surface area contributed by atoms with E-state index in [-0.39, 0.29) is 5.69 Å². The number of aromatic nitrogens is 7. The maximum absolute atomic E-state index is 12.6. The lowest BCUT2D eigenvalue weighted by Crippen LogP contribution is -2.19. The van der Waals surface area contributed by atoms with E-state index in [4.69, 9.17) is 4.98 Å². The average molecular weight is 488 g/mol. The Hall–Kier alpha value is -4.85. The maximum atomic E-state index is 12.6. The zero-order chi connectivity index (χ0) is 25.4. The molecule has 7 rings (SSSR count). The van der Waals surface area contributed by atoms with E-state index in [0.29, 0.717) is 0 Å². The zero-order valence-electron chi connectivity index (χ0n) is 21.0. The lowest BCUT2D eigenvalue weighted by molar-refractivity contribution is 0.768. The van der Waals surface area contributed by atoms with Crippen molar-refractivity contribution in [3.05, 3.63) is 89.2 Å². The standard InChI is InChI=1S/C29H25N7O/c1-17-5-8-21-22(15-30-23(21)11-17)28-32-24-12-18(19-14-31-33(2)16-19)6-9-25(24)36(28)20-7-10-26-27(13-20)35(4)29(37)34(26)3/h5-16,30H,1-4H3. The van der Waals surface area contributed by atoms with Gasteiger partial charge in [-0.3, -0.25) is 18.4 Å². The van der Waals surface area contributed by atoms with Crippen LogP contribution in [0.5, 0.6) is 0 Å². The molecule has 0 aliphatic rings. The van der Waals surface area contributed by atoms with Crippen LogP contribution in [0.4, 0.5) is 0 Å². The summed E-state index contributed by atoms with van der Waals surface area (Å²) in [4.78, 5) is 21.2. The molecule has 7 aromatic rings. The molecule has 0 atom stereocenters. The first-order chi connectivity index (χ1) is 17.9. The second kappa shape index (κ2) is 7.57. The van der Waals surface area contributed by atoms with Crippen LogP contribution in [-0.2, 0) is 21.1 Å². The largest absolute Gasteiger partial charge is 0.360 e. The lowest BCUT2D eigenvalue weighted by Gasteiger charge is -2.10. The van der Waals surface area contributed by atoms with E-state index in [2.05, 4.69) is 70.1 Å². The Morgan fingerprint density at radius 3 is 2.46 bits per heavy atom. The summed E-state index contributed by atoms with van der Waals surface area (Å²) in [6.45, 7) is 2.09. The fraction of sp³-hybridized carbons (Fsp3) is 0.138. The molecule has 0 amide bonds. The first-order valence-corrected chi connectivity index (χ1v) is 12.1. The molecule has 0 spiro atoms. The number of benzene rings is 3. The van der Waals surface area contributed by atoms with Crippen LogP contribution in [0, 0.1) is 6.92 Å². The molecule has 0 radical (unpaired) electrons. The number of hydrogen-bond donors (Lipinski definition) is 1. The fourth-order valence-corrected chi connectivity index (χ4v) is 5.33. The molecule has 3 aromatic carbocycles. The van der Waals surface area contributed by atoms with Crippen LogP contribution < -0.4 is 5.69 Å². The van der Waals surface area contributed by atoms with Gasteiger partial charge in [0.1, 0.15) is 5.82 Å². The Morgan fingerprint density at radius 2 is 1.65 bits per heavy atom. The SMILES string of the molecule is Cc1ccc2c(-c3nc4cc(-c5cnn(C)c5)ccc4n3-c3ccc4c(c3)n(C)c(=O)n4C)c[nH]c2c1. The van der Waals surface area contributed by atoms with Crippen LogP contribution in [0.15, 0.2) is 78.0 Å². The minimum absolute atomic E-state index is 0.0454. The highest BCUT2D eigenvalue weighted by Crippen LogP contribution is 2.35. The molecular formula is C29H25N7O. The third-order valence-corrected chi connectivity index (χ3v) is 7.28. The van der Waals surface area contributed by atoms with Gasteiger partial charge in [0.2, 0.25) is 0 Å². The predicted molar refractivity (Wildman–Crippen MR) is 147 cm³/mol. The number of H-pyrrole nitrogens is 1. The molecule has 0 saturated heterocycles. The van der Waals surface area contributed by atoms with E-state index < -0.39 is 0 Å². The molecule has 0 aliphatic heterocycles. The number of aromatic amines is 1. The average Bonchev–Trinajstić information content (AvgIpc) is 3.65. The van der Waals surface area contributed by atoms with Crippen molar-refractivity contribution < 1.29 is 0 Å². The molecule has 37 heavy (non-hydrogen) atoms. The van der Waals surface area contributed by atoms with Gasteiger partial charge in [-0.15, -0.1) is 0 Å². The van der Waals surface area contributed by atoms with Gasteiger partial charge in [-0.05, 0) is 54.4 Å².